The van der Waals surface area contributed by atoms with Crippen LogP contribution in [0.2, 0.25) is 0 Å². The van der Waals surface area contributed by atoms with Gasteiger partial charge in [-0.25, -0.2) is 9.59 Å². The summed E-state index contributed by atoms with van der Waals surface area (Å²) in [7, 11) is 0. The number of rotatable bonds is 6. The number of benzene rings is 1. The first-order valence-corrected chi connectivity index (χ1v) is 7.41. The van der Waals surface area contributed by atoms with E-state index in [1.807, 2.05) is 57.2 Å². The van der Waals surface area contributed by atoms with E-state index >= 15 is 0 Å². The van der Waals surface area contributed by atoms with Crippen LogP contribution in [-0.2, 0) is 9.53 Å². The molecule has 0 fully saturated rings. The van der Waals surface area contributed by atoms with Crippen LogP contribution in [0.1, 0.15) is 38.3 Å². The van der Waals surface area contributed by atoms with Gasteiger partial charge >= 0.3 is 12.1 Å². The van der Waals surface area contributed by atoms with Crippen LogP contribution in [0.25, 0.3) is 12.2 Å². The molecular weight excluding hydrogens is 294 g/mol. The minimum absolute atomic E-state index is 0.416. The minimum atomic E-state index is -0.966. The molecule has 23 heavy (non-hydrogen) atoms. The van der Waals surface area contributed by atoms with E-state index in [4.69, 9.17) is 9.84 Å². The van der Waals surface area contributed by atoms with Gasteiger partial charge in [0.15, 0.2) is 0 Å². The Morgan fingerprint density at radius 2 is 1.70 bits per heavy atom. The van der Waals surface area contributed by atoms with Crippen LogP contribution >= 0.6 is 0 Å². The SMILES string of the molecule is CC(C)(C)OC(=O)NCCC=Cc1ccc(/C=C/C(=O)O)cc1. The fourth-order valence-corrected chi connectivity index (χ4v) is 1.68. The molecule has 1 aromatic carbocycles. The molecule has 0 saturated heterocycles. The fraction of sp³-hybridized carbons (Fsp3) is 0.333. The lowest BCUT2D eigenvalue weighted by Gasteiger charge is -2.19. The molecule has 0 aromatic heterocycles. The predicted molar refractivity (Wildman–Crippen MR) is 91.0 cm³/mol. The van der Waals surface area contributed by atoms with Gasteiger partial charge in [-0.05, 0) is 44.4 Å². The third-order valence-corrected chi connectivity index (χ3v) is 2.64. The van der Waals surface area contributed by atoms with Crippen molar-refractivity contribution in [3.63, 3.8) is 0 Å². The number of nitrogens with one attached hydrogen (secondary N) is 1. The van der Waals surface area contributed by atoms with E-state index in [0.717, 1.165) is 17.2 Å². The summed E-state index contributed by atoms with van der Waals surface area (Å²) in [6, 6.07) is 7.49. The molecule has 0 unspecified atom stereocenters. The summed E-state index contributed by atoms with van der Waals surface area (Å²) in [5, 5.41) is 11.2. The topological polar surface area (TPSA) is 75.6 Å². The molecule has 0 heterocycles. The normalized spacial score (nSPS) is 11.8. The lowest BCUT2D eigenvalue weighted by Crippen LogP contribution is -2.32. The first kappa shape index (κ1) is 18.5. The third-order valence-electron chi connectivity index (χ3n) is 2.64. The van der Waals surface area contributed by atoms with Crippen molar-refractivity contribution in [2.45, 2.75) is 32.8 Å². The summed E-state index contributed by atoms with van der Waals surface area (Å²) < 4.78 is 5.13. The van der Waals surface area contributed by atoms with E-state index in [1.165, 1.54) is 0 Å². The van der Waals surface area contributed by atoms with Gasteiger partial charge in [-0.1, -0.05) is 36.4 Å². The maximum Gasteiger partial charge on any atom is 0.407 e. The summed E-state index contributed by atoms with van der Waals surface area (Å²) in [6.07, 6.45) is 6.83. The number of carboxylic acid groups (broad SMARTS) is 1. The second-order valence-electron chi connectivity index (χ2n) is 5.96. The molecule has 0 atom stereocenters. The Bertz CT molecular complexity index is 580. The summed E-state index contributed by atoms with van der Waals surface area (Å²) in [4.78, 5) is 21.9. The monoisotopic (exact) mass is 317 g/mol. The number of carboxylic acids is 1. The van der Waals surface area contributed by atoms with Crippen molar-refractivity contribution >= 4 is 24.2 Å². The Kier molecular flexibility index (Phi) is 7.06. The van der Waals surface area contributed by atoms with Crippen LogP contribution in [0, 0.1) is 0 Å². The smallest absolute Gasteiger partial charge is 0.407 e. The molecular formula is C18H23NO4. The van der Waals surface area contributed by atoms with Gasteiger partial charge < -0.3 is 15.2 Å². The highest BCUT2D eigenvalue weighted by Crippen LogP contribution is 2.08. The zero-order chi connectivity index (χ0) is 17.3. The molecule has 0 bridgehead atoms. The predicted octanol–water partition coefficient (Wildman–Crippen LogP) is 3.71. The van der Waals surface area contributed by atoms with Crippen LogP contribution in [-0.4, -0.2) is 29.3 Å². The number of alkyl carbamates (subject to hydrolysis) is 1. The molecule has 0 saturated carbocycles. The van der Waals surface area contributed by atoms with Crippen LogP contribution < -0.4 is 5.32 Å². The maximum absolute atomic E-state index is 11.4. The van der Waals surface area contributed by atoms with E-state index in [2.05, 4.69) is 5.32 Å². The second kappa shape index (κ2) is 8.78. The van der Waals surface area contributed by atoms with Crippen molar-refractivity contribution in [3.8, 4) is 0 Å². The van der Waals surface area contributed by atoms with Crippen LogP contribution in [0.4, 0.5) is 4.79 Å². The number of carbonyl (C=O) groups excluding carboxylic acids is 1. The number of aliphatic carboxylic acids is 1. The molecule has 0 radical (unpaired) electrons. The van der Waals surface area contributed by atoms with Gasteiger partial charge in [0.25, 0.3) is 0 Å². The van der Waals surface area contributed by atoms with Gasteiger partial charge in [-0.15, -0.1) is 0 Å². The van der Waals surface area contributed by atoms with Crippen LogP contribution in [0.3, 0.4) is 0 Å². The Morgan fingerprint density at radius 1 is 1.13 bits per heavy atom. The Morgan fingerprint density at radius 3 is 2.22 bits per heavy atom. The van der Waals surface area contributed by atoms with E-state index in [-0.39, 0.29) is 0 Å². The largest absolute Gasteiger partial charge is 0.478 e. The first-order valence-electron chi connectivity index (χ1n) is 7.41. The fourth-order valence-electron chi connectivity index (χ4n) is 1.68. The van der Waals surface area contributed by atoms with Gasteiger partial charge in [0, 0.05) is 12.6 Å². The van der Waals surface area contributed by atoms with E-state index < -0.39 is 17.7 Å². The molecule has 0 aliphatic rings. The van der Waals surface area contributed by atoms with Gasteiger partial charge in [0.2, 0.25) is 0 Å². The van der Waals surface area contributed by atoms with E-state index in [1.54, 1.807) is 6.08 Å². The number of carbonyl (C=O) groups is 2. The zero-order valence-electron chi connectivity index (χ0n) is 13.7. The van der Waals surface area contributed by atoms with Crippen molar-refractivity contribution in [1.82, 2.24) is 5.32 Å². The van der Waals surface area contributed by atoms with Crippen molar-refractivity contribution in [3.05, 3.63) is 47.5 Å². The number of ether oxygens (including phenoxy) is 1. The summed E-state index contributed by atoms with van der Waals surface area (Å²) in [6.45, 7) is 5.97. The molecule has 1 aromatic rings. The number of hydrogen-bond donors (Lipinski definition) is 2. The highest BCUT2D eigenvalue weighted by molar-refractivity contribution is 5.85. The molecule has 0 aliphatic carbocycles. The Hall–Kier alpha value is -2.56. The van der Waals surface area contributed by atoms with Crippen molar-refractivity contribution in [2.75, 3.05) is 6.54 Å². The Labute approximate surface area is 136 Å². The van der Waals surface area contributed by atoms with E-state index in [9.17, 15) is 9.59 Å². The van der Waals surface area contributed by atoms with Crippen LogP contribution in [0.15, 0.2) is 36.4 Å². The molecule has 5 heteroatoms. The number of hydrogen-bond acceptors (Lipinski definition) is 3. The van der Waals surface area contributed by atoms with Gasteiger partial charge in [-0.3, -0.25) is 0 Å². The molecule has 124 valence electrons. The average molecular weight is 317 g/mol. The van der Waals surface area contributed by atoms with Gasteiger partial charge in [0.1, 0.15) is 5.60 Å². The highest BCUT2D eigenvalue weighted by Gasteiger charge is 2.15. The summed E-state index contributed by atoms with van der Waals surface area (Å²) in [5.41, 5.74) is 1.35. The van der Waals surface area contributed by atoms with Crippen molar-refractivity contribution in [1.29, 1.82) is 0 Å². The van der Waals surface area contributed by atoms with E-state index in [0.29, 0.717) is 13.0 Å². The van der Waals surface area contributed by atoms with Gasteiger partial charge in [-0.2, -0.15) is 0 Å². The minimum Gasteiger partial charge on any atom is -0.478 e. The second-order valence-corrected chi connectivity index (χ2v) is 5.96. The Balaban J connectivity index is 2.35. The molecule has 0 spiro atoms. The average Bonchev–Trinajstić information content (AvgIpc) is 2.44. The number of amides is 1. The molecule has 2 N–H and O–H groups in total. The van der Waals surface area contributed by atoms with Gasteiger partial charge in [0.05, 0.1) is 0 Å². The lowest BCUT2D eigenvalue weighted by atomic mass is 10.1. The quantitative estimate of drug-likeness (QED) is 0.619. The third kappa shape index (κ3) is 9.14. The standard InChI is InChI=1S/C18H23NO4/c1-18(2,3)23-17(22)19-13-5-4-6-14-7-9-15(10-8-14)11-12-16(20)21/h4,6-12H,5,13H2,1-3H3,(H,19,22)(H,20,21)/b6-4?,12-11+. The van der Waals surface area contributed by atoms with Crippen molar-refractivity contribution < 1.29 is 19.4 Å². The van der Waals surface area contributed by atoms with Crippen molar-refractivity contribution in [2.24, 2.45) is 0 Å². The summed E-state index contributed by atoms with van der Waals surface area (Å²) in [5.74, 6) is -0.966. The molecule has 0 aliphatic heterocycles. The lowest BCUT2D eigenvalue weighted by molar-refractivity contribution is -0.131. The van der Waals surface area contributed by atoms with Crippen LogP contribution in [0.5, 0.6) is 0 Å². The zero-order valence-corrected chi connectivity index (χ0v) is 13.7. The summed E-state index contributed by atoms with van der Waals surface area (Å²) >= 11 is 0. The first-order chi connectivity index (χ1) is 10.8. The molecule has 5 nitrogen and oxygen atoms in total. The molecule has 1 rings (SSSR count). The maximum atomic E-state index is 11.4. The molecule has 1 amide bonds. The highest BCUT2D eigenvalue weighted by atomic mass is 16.6.